The largest absolute Gasteiger partial charge is 0.309 e. The smallest absolute Gasteiger partial charge is 0.253 e. The van der Waals surface area contributed by atoms with E-state index < -0.39 is 0 Å². The lowest BCUT2D eigenvalue weighted by atomic mass is 9.89. The molecule has 0 spiro atoms. The second kappa shape index (κ2) is 4.98. The normalized spacial score (nSPS) is 21.9. The van der Waals surface area contributed by atoms with Crippen LogP contribution in [0.25, 0.3) is 11.0 Å². The number of nitrogens with one attached hydrogen (secondary N) is 2. The fourth-order valence-corrected chi connectivity index (χ4v) is 3.91. The molecular formula is C16H22N4O. The third-order valence-electron chi connectivity index (χ3n) is 4.95. The number of hydrogen-bond donors (Lipinski definition) is 2. The summed E-state index contributed by atoms with van der Waals surface area (Å²) in [6.45, 7) is 3.94. The van der Waals surface area contributed by atoms with Gasteiger partial charge < -0.3 is 10.3 Å². The second-order valence-corrected chi connectivity index (χ2v) is 6.19. The Morgan fingerprint density at radius 1 is 1.24 bits per heavy atom. The highest BCUT2D eigenvalue weighted by Crippen LogP contribution is 2.33. The topological polar surface area (TPSA) is 62.7 Å². The molecule has 0 amide bonds. The zero-order chi connectivity index (χ0) is 14.4. The molecule has 3 heterocycles. The molecule has 0 saturated carbocycles. The molecule has 0 radical (unpaired) electrons. The van der Waals surface area contributed by atoms with Crippen LogP contribution in [-0.2, 0) is 19.4 Å². The first-order valence-corrected chi connectivity index (χ1v) is 8.17. The number of aryl methyl sites for hydroxylation is 2. The maximum absolute atomic E-state index is 12.4. The summed E-state index contributed by atoms with van der Waals surface area (Å²) in [6, 6.07) is 0.345. The Morgan fingerprint density at radius 3 is 2.76 bits per heavy atom. The van der Waals surface area contributed by atoms with Crippen LogP contribution < -0.4 is 10.9 Å². The van der Waals surface area contributed by atoms with Crippen molar-refractivity contribution >= 4 is 11.0 Å². The molecule has 1 aliphatic heterocycles. The maximum Gasteiger partial charge on any atom is 0.253 e. The summed E-state index contributed by atoms with van der Waals surface area (Å²) in [6.07, 6.45) is 6.58. The zero-order valence-corrected chi connectivity index (χ0v) is 12.5. The molecule has 4 rings (SSSR count). The molecular weight excluding hydrogens is 264 g/mol. The van der Waals surface area contributed by atoms with Crippen LogP contribution in [0.4, 0.5) is 0 Å². The molecule has 1 fully saturated rings. The van der Waals surface area contributed by atoms with Crippen molar-refractivity contribution in [3.63, 3.8) is 0 Å². The average molecular weight is 286 g/mol. The highest BCUT2D eigenvalue weighted by atomic mass is 16.1. The Hall–Kier alpha value is -1.62. The molecule has 0 bridgehead atoms. The first kappa shape index (κ1) is 13.1. The van der Waals surface area contributed by atoms with Crippen LogP contribution in [0.1, 0.15) is 55.5 Å². The number of aromatic amines is 1. The molecule has 1 unspecified atom stereocenters. The number of H-pyrrole nitrogens is 1. The van der Waals surface area contributed by atoms with E-state index >= 15 is 0 Å². The first-order chi connectivity index (χ1) is 10.3. The first-order valence-electron chi connectivity index (χ1n) is 8.17. The van der Waals surface area contributed by atoms with E-state index in [0.29, 0.717) is 6.04 Å². The van der Waals surface area contributed by atoms with Crippen molar-refractivity contribution in [1.82, 2.24) is 20.1 Å². The second-order valence-electron chi connectivity index (χ2n) is 6.19. The molecule has 0 aromatic carbocycles. The van der Waals surface area contributed by atoms with Gasteiger partial charge in [-0.05, 0) is 57.6 Å². The third kappa shape index (κ3) is 1.94. The molecule has 2 N–H and O–H groups in total. The highest BCUT2D eigenvalue weighted by molar-refractivity contribution is 5.84. The van der Waals surface area contributed by atoms with E-state index in [1.165, 1.54) is 23.8 Å². The van der Waals surface area contributed by atoms with Gasteiger partial charge in [0.25, 0.3) is 5.56 Å². The fraction of sp³-hybridized carbons (Fsp3) is 0.625. The van der Waals surface area contributed by atoms with Gasteiger partial charge in [-0.2, -0.15) is 5.10 Å². The molecule has 2 aromatic rings. The van der Waals surface area contributed by atoms with E-state index in [2.05, 4.69) is 17.2 Å². The Kier molecular flexibility index (Phi) is 3.10. The van der Waals surface area contributed by atoms with Crippen molar-refractivity contribution < 1.29 is 0 Å². The zero-order valence-electron chi connectivity index (χ0n) is 12.5. The van der Waals surface area contributed by atoms with Gasteiger partial charge in [-0.1, -0.05) is 0 Å². The molecule has 1 aliphatic carbocycles. The highest BCUT2D eigenvalue weighted by Gasteiger charge is 2.27. The number of aromatic nitrogens is 3. The molecule has 112 valence electrons. The van der Waals surface area contributed by atoms with Crippen LogP contribution >= 0.6 is 0 Å². The van der Waals surface area contributed by atoms with Gasteiger partial charge in [-0.15, -0.1) is 0 Å². The van der Waals surface area contributed by atoms with Crippen LogP contribution in [0.15, 0.2) is 4.79 Å². The quantitative estimate of drug-likeness (QED) is 0.888. The molecule has 2 aliphatic rings. The predicted octanol–water partition coefficient (Wildman–Crippen LogP) is 2.05. The van der Waals surface area contributed by atoms with Crippen molar-refractivity contribution in [3.8, 4) is 0 Å². The molecule has 21 heavy (non-hydrogen) atoms. The van der Waals surface area contributed by atoms with Crippen LogP contribution in [0.3, 0.4) is 0 Å². The summed E-state index contributed by atoms with van der Waals surface area (Å²) in [5.41, 5.74) is 4.44. The summed E-state index contributed by atoms with van der Waals surface area (Å²) < 4.78 is 1.96. The van der Waals surface area contributed by atoms with Gasteiger partial charge >= 0.3 is 0 Å². The Labute approximate surface area is 123 Å². The lowest BCUT2D eigenvalue weighted by Crippen LogP contribution is -2.20. The van der Waals surface area contributed by atoms with E-state index in [4.69, 9.17) is 5.10 Å². The van der Waals surface area contributed by atoms with Crippen molar-refractivity contribution in [2.75, 3.05) is 6.54 Å². The Morgan fingerprint density at radius 2 is 2.05 bits per heavy atom. The molecule has 1 atom stereocenters. The van der Waals surface area contributed by atoms with Gasteiger partial charge in [-0.3, -0.25) is 4.79 Å². The molecule has 5 heteroatoms. The van der Waals surface area contributed by atoms with Crippen molar-refractivity contribution in [1.29, 1.82) is 0 Å². The van der Waals surface area contributed by atoms with Crippen LogP contribution in [0.2, 0.25) is 0 Å². The van der Waals surface area contributed by atoms with Gasteiger partial charge in [0.15, 0.2) is 0 Å². The fourth-order valence-electron chi connectivity index (χ4n) is 3.91. The summed E-state index contributed by atoms with van der Waals surface area (Å²) >= 11 is 0. The third-order valence-corrected chi connectivity index (χ3v) is 4.95. The van der Waals surface area contributed by atoms with Crippen LogP contribution in [0.5, 0.6) is 0 Å². The van der Waals surface area contributed by atoms with Gasteiger partial charge in [-0.25, -0.2) is 4.68 Å². The standard InChI is InChI=1S/C16H22N4O/c1-2-20-15-13(14(19-20)12-8-5-9-17-12)10-6-3-4-7-11(10)16(21)18-15/h12,17H,2-9H2,1H3,(H,18,21). The molecule has 5 nitrogen and oxygen atoms in total. The van der Waals surface area contributed by atoms with Gasteiger partial charge in [0.05, 0.1) is 11.7 Å². The van der Waals surface area contributed by atoms with E-state index in [9.17, 15) is 4.79 Å². The van der Waals surface area contributed by atoms with E-state index in [1.807, 2.05) is 4.68 Å². The lowest BCUT2D eigenvalue weighted by molar-refractivity contribution is 0.591. The monoisotopic (exact) mass is 286 g/mol. The lowest BCUT2D eigenvalue weighted by Gasteiger charge is -2.17. The number of fused-ring (bicyclic) bond motifs is 3. The van der Waals surface area contributed by atoms with Crippen LogP contribution in [-0.4, -0.2) is 21.3 Å². The van der Waals surface area contributed by atoms with Gasteiger partial charge in [0.1, 0.15) is 5.65 Å². The van der Waals surface area contributed by atoms with Crippen molar-refractivity contribution in [2.24, 2.45) is 0 Å². The van der Waals surface area contributed by atoms with E-state index in [1.54, 1.807) is 0 Å². The predicted molar refractivity (Wildman–Crippen MR) is 82.6 cm³/mol. The Balaban J connectivity index is 2.03. The number of rotatable bonds is 2. The summed E-state index contributed by atoms with van der Waals surface area (Å²) in [5, 5.41) is 9.61. The minimum atomic E-state index is 0.0951. The molecule has 1 saturated heterocycles. The molecule has 2 aromatic heterocycles. The van der Waals surface area contributed by atoms with Gasteiger partial charge in [0.2, 0.25) is 0 Å². The number of nitrogens with zero attached hydrogens (tertiary/aromatic N) is 2. The van der Waals surface area contributed by atoms with Crippen molar-refractivity contribution in [2.45, 2.75) is 58.0 Å². The number of hydrogen-bond acceptors (Lipinski definition) is 3. The maximum atomic E-state index is 12.4. The van der Waals surface area contributed by atoms with Crippen molar-refractivity contribution in [3.05, 3.63) is 27.2 Å². The number of pyridine rings is 1. The van der Waals surface area contributed by atoms with E-state index in [-0.39, 0.29) is 5.56 Å². The van der Waals surface area contributed by atoms with Gasteiger partial charge in [0, 0.05) is 17.5 Å². The SMILES string of the molecule is CCn1nc(C2CCCN2)c2c3c(c(=O)[nH]c21)CCCC3. The summed E-state index contributed by atoms with van der Waals surface area (Å²) in [5.74, 6) is 0. The van der Waals surface area contributed by atoms with Crippen LogP contribution in [0, 0.1) is 0 Å². The minimum absolute atomic E-state index is 0.0951. The average Bonchev–Trinajstić information content (AvgIpc) is 3.14. The minimum Gasteiger partial charge on any atom is -0.309 e. The Bertz CT molecular complexity index is 737. The summed E-state index contributed by atoms with van der Waals surface area (Å²) in [7, 11) is 0. The van der Waals surface area contributed by atoms with E-state index in [0.717, 1.165) is 55.7 Å². The summed E-state index contributed by atoms with van der Waals surface area (Å²) in [4.78, 5) is 15.5.